The van der Waals surface area contributed by atoms with Gasteiger partial charge in [0.15, 0.2) is 0 Å². The molecule has 0 aliphatic carbocycles. The van der Waals surface area contributed by atoms with Gasteiger partial charge in [-0.2, -0.15) is 0 Å². The average Bonchev–Trinajstić information content (AvgIpc) is 2.65. The van der Waals surface area contributed by atoms with Gasteiger partial charge < -0.3 is 20.4 Å². The molecule has 2 rings (SSSR count). The zero-order valence-electron chi connectivity index (χ0n) is 16.9. The minimum absolute atomic E-state index is 0.160. The van der Waals surface area contributed by atoms with Gasteiger partial charge in [-0.3, -0.25) is 19.2 Å². The lowest BCUT2D eigenvalue weighted by molar-refractivity contribution is -0.156. The average molecular weight is 388 g/mol. The summed E-state index contributed by atoms with van der Waals surface area (Å²) in [5, 5.41) is 5.60. The number of likely N-dealkylation sites (N-methyl/N-ethyl adjacent to an activating group) is 1. The van der Waals surface area contributed by atoms with Crippen LogP contribution in [-0.4, -0.2) is 66.2 Å². The number of aryl methyl sites for hydroxylation is 1. The van der Waals surface area contributed by atoms with E-state index in [9.17, 15) is 19.2 Å². The Morgan fingerprint density at radius 3 is 2.36 bits per heavy atom. The van der Waals surface area contributed by atoms with Crippen LogP contribution in [0.3, 0.4) is 0 Å². The molecule has 1 aliphatic heterocycles. The predicted octanol–water partition coefficient (Wildman–Crippen LogP) is 1.01. The Morgan fingerprint density at radius 1 is 1.11 bits per heavy atom. The molecule has 8 heteroatoms. The number of nitrogens with one attached hydrogen (secondary N) is 2. The van der Waals surface area contributed by atoms with Gasteiger partial charge in [-0.05, 0) is 43.5 Å². The van der Waals surface area contributed by atoms with Crippen molar-refractivity contribution in [2.75, 3.05) is 38.0 Å². The van der Waals surface area contributed by atoms with Crippen molar-refractivity contribution in [2.24, 2.45) is 5.92 Å². The van der Waals surface area contributed by atoms with E-state index in [1.54, 1.807) is 25.1 Å². The maximum Gasteiger partial charge on any atom is 0.312 e. The van der Waals surface area contributed by atoms with E-state index in [2.05, 4.69) is 10.6 Å². The topological polar surface area (TPSA) is 98.8 Å². The van der Waals surface area contributed by atoms with Gasteiger partial charge in [0, 0.05) is 37.4 Å². The van der Waals surface area contributed by atoms with Gasteiger partial charge in [0.1, 0.15) is 6.54 Å². The molecule has 1 fully saturated rings. The number of nitrogens with zero attached hydrogens (tertiary/aromatic N) is 2. The third-order valence-electron chi connectivity index (χ3n) is 4.55. The van der Waals surface area contributed by atoms with Crippen molar-refractivity contribution in [1.82, 2.24) is 15.1 Å². The molecule has 152 valence electrons. The lowest BCUT2D eigenvalue weighted by atomic mass is 10.1. The summed E-state index contributed by atoms with van der Waals surface area (Å²) in [6.07, 6.45) is 0. The molecule has 1 saturated heterocycles. The monoisotopic (exact) mass is 388 g/mol. The number of rotatable bonds is 7. The number of carbonyl (C=O) groups is 4. The summed E-state index contributed by atoms with van der Waals surface area (Å²) in [5.74, 6) is -1.41. The molecular formula is C20H28N4O4. The van der Waals surface area contributed by atoms with Crippen molar-refractivity contribution < 1.29 is 19.2 Å². The molecule has 0 bridgehead atoms. The van der Waals surface area contributed by atoms with Crippen LogP contribution in [0.1, 0.15) is 36.7 Å². The van der Waals surface area contributed by atoms with Gasteiger partial charge in [0.2, 0.25) is 5.91 Å². The lowest BCUT2D eigenvalue weighted by Crippen LogP contribution is -2.55. The van der Waals surface area contributed by atoms with Crippen molar-refractivity contribution in [1.29, 1.82) is 0 Å². The Bertz CT molecular complexity index is 775. The maximum atomic E-state index is 12.3. The molecule has 28 heavy (non-hydrogen) atoms. The zero-order valence-corrected chi connectivity index (χ0v) is 16.9. The first kappa shape index (κ1) is 21.4. The van der Waals surface area contributed by atoms with E-state index in [-0.39, 0.29) is 18.4 Å². The van der Waals surface area contributed by atoms with E-state index in [1.165, 1.54) is 9.80 Å². The van der Waals surface area contributed by atoms with Crippen LogP contribution in [-0.2, 0) is 14.4 Å². The number of carbonyl (C=O) groups excluding carboxylic acids is 4. The largest absolute Gasteiger partial charge is 0.352 e. The summed E-state index contributed by atoms with van der Waals surface area (Å²) in [6.45, 7) is 9.28. The fourth-order valence-electron chi connectivity index (χ4n) is 2.87. The molecule has 1 aromatic carbocycles. The van der Waals surface area contributed by atoms with Gasteiger partial charge in [-0.25, -0.2) is 0 Å². The molecule has 4 amide bonds. The summed E-state index contributed by atoms with van der Waals surface area (Å²) in [5.41, 5.74) is 1.83. The molecule has 2 N–H and O–H groups in total. The summed E-state index contributed by atoms with van der Waals surface area (Å²) >= 11 is 0. The highest BCUT2D eigenvalue weighted by Gasteiger charge is 2.32. The third kappa shape index (κ3) is 5.31. The molecular weight excluding hydrogens is 360 g/mol. The van der Waals surface area contributed by atoms with Crippen LogP contribution in [0.4, 0.5) is 5.69 Å². The second-order valence-electron chi connectivity index (χ2n) is 7.29. The van der Waals surface area contributed by atoms with Crippen LogP contribution < -0.4 is 10.6 Å². The Labute approximate surface area is 165 Å². The normalized spacial score (nSPS) is 14.5. The molecule has 1 heterocycles. The molecule has 0 saturated carbocycles. The lowest BCUT2D eigenvalue weighted by Gasteiger charge is -2.32. The summed E-state index contributed by atoms with van der Waals surface area (Å²) in [6, 6.07) is 5.02. The molecule has 1 aliphatic rings. The molecule has 0 spiro atoms. The van der Waals surface area contributed by atoms with E-state index >= 15 is 0 Å². The molecule has 0 atom stereocenters. The Balaban J connectivity index is 1.96. The number of hydrogen-bond donors (Lipinski definition) is 2. The van der Waals surface area contributed by atoms with Crippen molar-refractivity contribution in [3.8, 4) is 0 Å². The SMILES string of the molecule is CCN1CCN(CC(=O)Nc2ccc(C(=O)NCC(C)C)cc2C)C(=O)C1=O. The van der Waals surface area contributed by atoms with E-state index in [1.807, 2.05) is 20.8 Å². The molecule has 0 aromatic heterocycles. The van der Waals surface area contributed by atoms with Crippen LogP contribution in [0, 0.1) is 12.8 Å². The molecule has 0 radical (unpaired) electrons. The van der Waals surface area contributed by atoms with Crippen molar-refractivity contribution in [3.05, 3.63) is 29.3 Å². The van der Waals surface area contributed by atoms with Gasteiger partial charge in [0.05, 0.1) is 0 Å². The Hall–Kier alpha value is -2.90. The van der Waals surface area contributed by atoms with E-state index in [0.717, 1.165) is 5.56 Å². The van der Waals surface area contributed by atoms with Crippen LogP contribution >= 0.6 is 0 Å². The third-order valence-corrected chi connectivity index (χ3v) is 4.55. The van der Waals surface area contributed by atoms with Gasteiger partial charge >= 0.3 is 11.8 Å². The first-order valence-corrected chi connectivity index (χ1v) is 9.49. The van der Waals surface area contributed by atoms with Gasteiger partial charge in [-0.1, -0.05) is 13.8 Å². The molecule has 1 aromatic rings. The first-order chi connectivity index (χ1) is 13.2. The van der Waals surface area contributed by atoms with E-state index in [4.69, 9.17) is 0 Å². The summed E-state index contributed by atoms with van der Waals surface area (Å²) < 4.78 is 0. The van der Waals surface area contributed by atoms with Crippen molar-refractivity contribution >= 4 is 29.3 Å². The number of amides is 4. The fourth-order valence-corrected chi connectivity index (χ4v) is 2.87. The smallest absolute Gasteiger partial charge is 0.312 e. The Morgan fingerprint density at radius 2 is 1.75 bits per heavy atom. The first-order valence-electron chi connectivity index (χ1n) is 9.49. The number of benzene rings is 1. The fraction of sp³-hybridized carbons (Fsp3) is 0.500. The highest BCUT2D eigenvalue weighted by atomic mass is 16.2. The highest BCUT2D eigenvalue weighted by molar-refractivity contribution is 6.35. The van der Waals surface area contributed by atoms with Crippen LogP contribution in [0.2, 0.25) is 0 Å². The van der Waals surface area contributed by atoms with Crippen LogP contribution in [0.5, 0.6) is 0 Å². The van der Waals surface area contributed by atoms with Crippen molar-refractivity contribution in [3.63, 3.8) is 0 Å². The molecule has 8 nitrogen and oxygen atoms in total. The van der Waals surface area contributed by atoms with Crippen LogP contribution in [0.25, 0.3) is 0 Å². The minimum Gasteiger partial charge on any atom is -0.352 e. The second-order valence-corrected chi connectivity index (χ2v) is 7.29. The van der Waals surface area contributed by atoms with Crippen LogP contribution in [0.15, 0.2) is 18.2 Å². The maximum absolute atomic E-state index is 12.3. The quantitative estimate of drug-likeness (QED) is 0.681. The molecule has 0 unspecified atom stereocenters. The van der Waals surface area contributed by atoms with Gasteiger partial charge in [0.25, 0.3) is 5.91 Å². The standard InChI is InChI=1S/C20H28N4O4/c1-5-23-8-9-24(20(28)19(23)27)12-17(25)22-16-7-6-15(10-14(16)4)18(26)21-11-13(2)3/h6-7,10,13H,5,8-9,11-12H2,1-4H3,(H,21,26)(H,22,25). The van der Waals surface area contributed by atoms with Gasteiger partial charge in [-0.15, -0.1) is 0 Å². The van der Waals surface area contributed by atoms with Crippen molar-refractivity contribution in [2.45, 2.75) is 27.7 Å². The number of piperazine rings is 1. The van der Waals surface area contributed by atoms with E-state index < -0.39 is 11.8 Å². The zero-order chi connectivity index (χ0) is 20.8. The highest BCUT2D eigenvalue weighted by Crippen LogP contribution is 2.17. The summed E-state index contributed by atoms with van der Waals surface area (Å²) in [7, 11) is 0. The number of anilines is 1. The van der Waals surface area contributed by atoms with E-state index in [0.29, 0.717) is 43.3 Å². The second kappa shape index (κ2) is 9.34. The Kier molecular flexibility index (Phi) is 7.14. The minimum atomic E-state index is -0.655. The predicted molar refractivity (Wildman–Crippen MR) is 106 cm³/mol. The number of hydrogen-bond acceptors (Lipinski definition) is 4. The summed E-state index contributed by atoms with van der Waals surface area (Å²) in [4.78, 5) is 51.2.